The van der Waals surface area contributed by atoms with Gasteiger partial charge < -0.3 is 20.1 Å². The number of anilines is 1. The maximum atomic E-state index is 12.1. The molecule has 90 valence electrons. The van der Waals surface area contributed by atoms with E-state index >= 15 is 0 Å². The summed E-state index contributed by atoms with van der Waals surface area (Å²) in [6.45, 7) is 0.233. The topological polar surface area (TPSA) is 64.8 Å². The van der Waals surface area contributed by atoms with Crippen molar-refractivity contribution in [3.05, 3.63) is 18.2 Å². The van der Waals surface area contributed by atoms with Crippen LogP contribution >= 0.6 is 0 Å². The fourth-order valence-electron chi connectivity index (χ4n) is 1.89. The van der Waals surface area contributed by atoms with Crippen molar-refractivity contribution in [2.45, 2.75) is 18.4 Å². The van der Waals surface area contributed by atoms with Crippen molar-refractivity contribution in [2.24, 2.45) is 5.73 Å². The molecule has 1 amide bonds. The summed E-state index contributed by atoms with van der Waals surface area (Å²) >= 11 is 0. The molecule has 1 saturated carbocycles. The van der Waals surface area contributed by atoms with Gasteiger partial charge in [-0.15, -0.1) is 0 Å². The van der Waals surface area contributed by atoms with Gasteiger partial charge in [-0.25, -0.2) is 0 Å². The maximum absolute atomic E-state index is 12.1. The van der Waals surface area contributed by atoms with Gasteiger partial charge in [-0.1, -0.05) is 0 Å². The molecule has 3 rings (SSSR count). The molecule has 1 aliphatic heterocycles. The average Bonchev–Trinajstić information content (AvgIpc) is 2.93. The summed E-state index contributed by atoms with van der Waals surface area (Å²) in [6, 6.07) is 5.43. The van der Waals surface area contributed by atoms with Gasteiger partial charge in [-0.05, 0) is 25.0 Å². The molecule has 0 aromatic heterocycles. The van der Waals surface area contributed by atoms with E-state index in [2.05, 4.69) is 0 Å². The number of likely N-dealkylation sites (N-methyl/N-ethyl adjacent to an activating group) is 1. The highest BCUT2D eigenvalue weighted by Crippen LogP contribution is 2.38. The average molecular weight is 234 g/mol. The second-order valence-electron chi connectivity index (χ2n) is 4.56. The molecule has 0 atom stereocenters. The molecule has 0 bridgehead atoms. The van der Waals surface area contributed by atoms with Crippen LogP contribution in [-0.2, 0) is 4.79 Å². The molecule has 1 aromatic carbocycles. The highest BCUT2D eigenvalue weighted by Gasteiger charge is 2.47. The predicted octanol–water partition coefficient (Wildman–Crippen LogP) is 0.869. The molecule has 5 nitrogen and oxygen atoms in total. The number of carbonyl (C=O) groups is 1. The summed E-state index contributed by atoms with van der Waals surface area (Å²) < 4.78 is 10.5. The summed E-state index contributed by atoms with van der Waals surface area (Å²) in [5.41, 5.74) is 6.02. The van der Waals surface area contributed by atoms with Crippen LogP contribution in [0.25, 0.3) is 0 Å². The molecule has 2 aliphatic rings. The molecule has 0 saturated heterocycles. The molecule has 1 fully saturated rings. The Hall–Kier alpha value is -1.75. The summed E-state index contributed by atoms with van der Waals surface area (Å²) in [6.07, 6.45) is 1.53. The molecule has 1 aromatic rings. The van der Waals surface area contributed by atoms with Gasteiger partial charge in [-0.2, -0.15) is 0 Å². The minimum Gasteiger partial charge on any atom is -0.454 e. The Balaban J connectivity index is 1.86. The number of hydrogen-bond donors (Lipinski definition) is 1. The van der Waals surface area contributed by atoms with E-state index in [9.17, 15) is 4.79 Å². The molecule has 17 heavy (non-hydrogen) atoms. The monoisotopic (exact) mass is 234 g/mol. The van der Waals surface area contributed by atoms with Crippen LogP contribution in [0.4, 0.5) is 5.69 Å². The number of hydrogen-bond acceptors (Lipinski definition) is 4. The standard InChI is InChI=1S/C12H14N2O3/c1-14(11(15)12(13)4-5-12)8-2-3-9-10(6-8)17-7-16-9/h2-3,6H,4-5,7,13H2,1H3. The third kappa shape index (κ3) is 1.63. The van der Waals surface area contributed by atoms with Gasteiger partial charge in [0.15, 0.2) is 11.5 Å². The largest absolute Gasteiger partial charge is 0.454 e. The van der Waals surface area contributed by atoms with Crippen molar-refractivity contribution >= 4 is 11.6 Å². The van der Waals surface area contributed by atoms with E-state index in [0.717, 1.165) is 18.5 Å². The predicted molar refractivity (Wildman–Crippen MR) is 62.1 cm³/mol. The van der Waals surface area contributed by atoms with Crippen molar-refractivity contribution in [2.75, 3.05) is 18.7 Å². The maximum Gasteiger partial charge on any atom is 0.246 e. The lowest BCUT2D eigenvalue weighted by Gasteiger charge is -2.21. The molecule has 1 heterocycles. The van der Waals surface area contributed by atoms with E-state index < -0.39 is 5.54 Å². The molecular formula is C12H14N2O3. The van der Waals surface area contributed by atoms with E-state index in [1.165, 1.54) is 0 Å². The van der Waals surface area contributed by atoms with Gasteiger partial charge in [0.05, 0.1) is 5.54 Å². The summed E-state index contributed by atoms with van der Waals surface area (Å²) in [5.74, 6) is 1.34. The van der Waals surface area contributed by atoms with Gasteiger partial charge >= 0.3 is 0 Å². The van der Waals surface area contributed by atoms with Crippen molar-refractivity contribution < 1.29 is 14.3 Å². The van der Waals surface area contributed by atoms with Gasteiger partial charge in [-0.3, -0.25) is 4.79 Å². The van der Waals surface area contributed by atoms with Crippen LogP contribution in [0.3, 0.4) is 0 Å². The van der Waals surface area contributed by atoms with E-state index in [0.29, 0.717) is 11.5 Å². The highest BCUT2D eigenvalue weighted by molar-refractivity contribution is 6.01. The minimum atomic E-state index is -0.648. The number of ether oxygens (including phenoxy) is 2. The smallest absolute Gasteiger partial charge is 0.246 e. The minimum absolute atomic E-state index is 0.0450. The van der Waals surface area contributed by atoms with Gasteiger partial charge in [0, 0.05) is 18.8 Å². The van der Waals surface area contributed by atoms with Crippen LogP contribution in [0, 0.1) is 0 Å². The summed E-state index contributed by atoms with van der Waals surface area (Å²) in [5, 5.41) is 0. The highest BCUT2D eigenvalue weighted by atomic mass is 16.7. The Morgan fingerprint density at radius 3 is 2.76 bits per heavy atom. The zero-order chi connectivity index (χ0) is 12.0. The Kier molecular flexibility index (Phi) is 2.06. The van der Waals surface area contributed by atoms with Crippen LogP contribution < -0.4 is 20.1 Å². The Bertz CT molecular complexity index is 483. The number of carbonyl (C=O) groups excluding carboxylic acids is 1. The van der Waals surface area contributed by atoms with Crippen molar-refractivity contribution in [3.8, 4) is 11.5 Å². The van der Waals surface area contributed by atoms with Gasteiger partial charge in [0.2, 0.25) is 12.7 Å². The van der Waals surface area contributed by atoms with Gasteiger partial charge in [0.1, 0.15) is 0 Å². The Morgan fingerprint density at radius 2 is 2.06 bits per heavy atom. The fourth-order valence-corrected chi connectivity index (χ4v) is 1.89. The van der Waals surface area contributed by atoms with Crippen LogP contribution in [-0.4, -0.2) is 25.3 Å². The lowest BCUT2D eigenvalue weighted by molar-refractivity contribution is -0.120. The third-order valence-corrected chi connectivity index (χ3v) is 3.26. The summed E-state index contributed by atoms with van der Waals surface area (Å²) in [7, 11) is 1.73. The molecular weight excluding hydrogens is 220 g/mol. The van der Waals surface area contributed by atoms with Crippen LogP contribution in [0.5, 0.6) is 11.5 Å². The molecule has 0 spiro atoms. The van der Waals surface area contributed by atoms with E-state index in [1.807, 2.05) is 6.07 Å². The molecule has 0 unspecified atom stereocenters. The zero-order valence-electron chi connectivity index (χ0n) is 9.60. The number of rotatable bonds is 2. The summed E-state index contributed by atoms with van der Waals surface area (Å²) in [4.78, 5) is 13.6. The van der Waals surface area contributed by atoms with Crippen LogP contribution in [0.2, 0.25) is 0 Å². The lowest BCUT2D eigenvalue weighted by atomic mass is 10.2. The normalized spacial score (nSPS) is 18.9. The van der Waals surface area contributed by atoms with E-state index in [1.54, 1.807) is 24.1 Å². The second kappa shape index (κ2) is 3.37. The Morgan fingerprint density at radius 1 is 1.35 bits per heavy atom. The number of amides is 1. The number of benzene rings is 1. The lowest BCUT2D eigenvalue weighted by Crippen LogP contribution is -2.43. The fraction of sp³-hybridized carbons (Fsp3) is 0.417. The second-order valence-corrected chi connectivity index (χ2v) is 4.56. The quantitative estimate of drug-likeness (QED) is 0.824. The first-order chi connectivity index (χ1) is 8.10. The SMILES string of the molecule is CN(C(=O)C1(N)CC1)c1ccc2c(c1)OCO2. The van der Waals surface area contributed by atoms with Crippen molar-refractivity contribution in [1.82, 2.24) is 0 Å². The number of nitrogens with zero attached hydrogens (tertiary/aromatic N) is 1. The number of nitrogens with two attached hydrogens (primary N) is 1. The van der Waals surface area contributed by atoms with Gasteiger partial charge in [0.25, 0.3) is 0 Å². The molecule has 5 heteroatoms. The van der Waals surface area contributed by atoms with Crippen molar-refractivity contribution in [1.29, 1.82) is 0 Å². The van der Waals surface area contributed by atoms with Crippen LogP contribution in [0.15, 0.2) is 18.2 Å². The van der Waals surface area contributed by atoms with Crippen molar-refractivity contribution in [3.63, 3.8) is 0 Å². The first-order valence-corrected chi connectivity index (χ1v) is 5.57. The third-order valence-electron chi connectivity index (χ3n) is 3.26. The molecule has 2 N–H and O–H groups in total. The first-order valence-electron chi connectivity index (χ1n) is 5.57. The first kappa shape index (κ1) is 10.4. The van der Waals surface area contributed by atoms with E-state index in [-0.39, 0.29) is 12.7 Å². The molecule has 1 aliphatic carbocycles. The zero-order valence-corrected chi connectivity index (χ0v) is 9.60. The van der Waals surface area contributed by atoms with E-state index in [4.69, 9.17) is 15.2 Å². The number of fused-ring (bicyclic) bond motifs is 1. The van der Waals surface area contributed by atoms with Crippen LogP contribution in [0.1, 0.15) is 12.8 Å². The Labute approximate surface area is 99.1 Å². The molecule has 0 radical (unpaired) electrons.